The minimum Gasteiger partial charge on any atom is -0.497 e. The lowest BCUT2D eigenvalue weighted by Gasteiger charge is -2.14. The van der Waals surface area contributed by atoms with E-state index in [0.717, 1.165) is 5.56 Å². The van der Waals surface area contributed by atoms with Crippen LogP contribution in [0.5, 0.6) is 23.0 Å². The summed E-state index contributed by atoms with van der Waals surface area (Å²) in [7, 11) is 3.11. The highest BCUT2D eigenvalue weighted by atomic mass is 16.7. The van der Waals surface area contributed by atoms with Crippen molar-refractivity contribution in [2.75, 3.05) is 21.0 Å². The maximum absolute atomic E-state index is 13.4. The normalized spacial score (nSPS) is 11.8. The number of hydrogen-bond donors (Lipinski definition) is 1. The van der Waals surface area contributed by atoms with Gasteiger partial charge in [-0.05, 0) is 48.0 Å². The van der Waals surface area contributed by atoms with Gasteiger partial charge in [0, 0.05) is 24.4 Å². The van der Waals surface area contributed by atoms with Crippen LogP contribution < -0.4 is 29.7 Å². The van der Waals surface area contributed by atoms with Crippen LogP contribution in [-0.2, 0) is 17.9 Å². The highest BCUT2D eigenvalue weighted by molar-refractivity contribution is 6.10. The first-order valence-electron chi connectivity index (χ1n) is 11.5. The summed E-state index contributed by atoms with van der Waals surface area (Å²) in [6.07, 6.45) is 1.42. The molecule has 1 N–H and O–H groups in total. The molecule has 0 unspecified atom stereocenters. The second kappa shape index (κ2) is 10.1. The van der Waals surface area contributed by atoms with Crippen LogP contribution in [0.25, 0.3) is 10.9 Å². The molecule has 37 heavy (non-hydrogen) atoms. The molecule has 5 rings (SSSR count). The number of nitrogens with one attached hydrogen (secondary N) is 1. The Morgan fingerprint density at radius 3 is 2.41 bits per heavy atom. The summed E-state index contributed by atoms with van der Waals surface area (Å²) in [5, 5.41) is 3.13. The van der Waals surface area contributed by atoms with Crippen LogP contribution in [-0.4, -0.2) is 37.3 Å². The van der Waals surface area contributed by atoms with E-state index in [4.69, 9.17) is 18.9 Å². The molecule has 1 aliphatic heterocycles. The summed E-state index contributed by atoms with van der Waals surface area (Å²) in [5.74, 6) is 1.40. The first-order valence-corrected chi connectivity index (χ1v) is 11.5. The minimum atomic E-state index is -0.460. The van der Waals surface area contributed by atoms with Crippen LogP contribution in [0.1, 0.15) is 21.5 Å². The van der Waals surface area contributed by atoms with Crippen LogP contribution in [0.4, 0.5) is 0 Å². The van der Waals surface area contributed by atoms with E-state index in [2.05, 4.69) is 5.32 Å². The Morgan fingerprint density at radius 1 is 0.946 bits per heavy atom. The number of ether oxygens (including phenoxy) is 4. The maximum Gasteiger partial charge on any atom is 0.240 e. The molecule has 0 radical (unpaired) electrons. The van der Waals surface area contributed by atoms with Crippen LogP contribution in [0.15, 0.2) is 71.7 Å². The van der Waals surface area contributed by atoms with Crippen LogP contribution in [0, 0.1) is 0 Å². The quantitative estimate of drug-likeness (QED) is 0.370. The molecule has 9 nitrogen and oxygen atoms in total. The van der Waals surface area contributed by atoms with Gasteiger partial charge in [-0.1, -0.05) is 12.1 Å². The number of carbonyl (C=O) groups is 2. The SMILES string of the molecule is COc1ccc(C(=O)c2cn(CC(=O)NCc3cccc(OC)c3)c3cc4c(cc3c2=O)OCO4)cc1. The van der Waals surface area contributed by atoms with Crippen molar-refractivity contribution in [2.45, 2.75) is 13.1 Å². The van der Waals surface area contributed by atoms with Gasteiger partial charge >= 0.3 is 0 Å². The summed E-state index contributed by atoms with van der Waals surface area (Å²) in [6, 6.07) is 17.1. The minimum absolute atomic E-state index is 0.0263. The summed E-state index contributed by atoms with van der Waals surface area (Å²) < 4.78 is 22.9. The number of hydrogen-bond acceptors (Lipinski definition) is 7. The van der Waals surface area contributed by atoms with E-state index >= 15 is 0 Å². The number of pyridine rings is 1. The van der Waals surface area contributed by atoms with E-state index in [1.165, 1.54) is 13.3 Å². The zero-order valence-electron chi connectivity index (χ0n) is 20.3. The van der Waals surface area contributed by atoms with E-state index in [-0.39, 0.29) is 36.7 Å². The lowest BCUT2D eigenvalue weighted by molar-refractivity contribution is -0.121. The van der Waals surface area contributed by atoms with E-state index in [0.29, 0.717) is 34.1 Å². The Hall–Kier alpha value is -4.79. The predicted octanol–water partition coefficient (Wildman–Crippen LogP) is 3.29. The van der Waals surface area contributed by atoms with Crippen LogP contribution in [0.3, 0.4) is 0 Å². The van der Waals surface area contributed by atoms with E-state index in [1.807, 2.05) is 24.3 Å². The van der Waals surface area contributed by atoms with Gasteiger partial charge in [-0.15, -0.1) is 0 Å². The number of nitrogens with zero attached hydrogens (tertiary/aromatic N) is 1. The van der Waals surface area contributed by atoms with Crippen molar-refractivity contribution in [2.24, 2.45) is 0 Å². The fraction of sp³-hybridized carbons (Fsp3) is 0.179. The van der Waals surface area contributed by atoms with Crippen LogP contribution >= 0.6 is 0 Å². The van der Waals surface area contributed by atoms with Crippen molar-refractivity contribution in [3.63, 3.8) is 0 Å². The topological polar surface area (TPSA) is 105 Å². The molecular formula is C28H24N2O7. The molecule has 2 heterocycles. The molecule has 3 aromatic carbocycles. The second-order valence-corrected chi connectivity index (χ2v) is 8.41. The van der Waals surface area contributed by atoms with Crippen LogP contribution in [0.2, 0.25) is 0 Å². The number of amides is 1. The monoisotopic (exact) mass is 500 g/mol. The Labute approximate surface area is 212 Å². The molecule has 0 fully saturated rings. The number of carbonyl (C=O) groups excluding carboxylic acids is 2. The lowest BCUT2D eigenvalue weighted by Crippen LogP contribution is -2.29. The molecule has 0 saturated carbocycles. The molecule has 9 heteroatoms. The second-order valence-electron chi connectivity index (χ2n) is 8.41. The Kier molecular flexibility index (Phi) is 6.51. The third kappa shape index (κ3) is 4.84. The average molecular weight is 501 g/mol. The Bertz CT molecular complexity index is 1560. The average Bonchev–Trinajstić information content (AvgIpc) is 3.40. The molecule has 1 aromatic heterocycles. The van der Waals surface area contributed by atoms with Crippen molar-refractivity contribution in [3.05, 3.63) is 93.8 Å². The molecule has 0 aliphatic carbocycles. The maximum atomic E-state index is 13.4. The van der Waals surface area contributed by atoms with Gasteiger partial charge in [0.2, 0.25) is 18.1 Å². The predicted molar refractivity (Wildman–Crippen MR) is 136 cm³/mol. The fourth-order valence-electron chi connectivity index (χ4n) is 4.16. The van der Waals surface area contributed by atoms with Crippen molar-refractivity contribution >= 4 is 22.6 Å². The first kappa shape index (κ1) is 23.9. The molecule has 1 amide bonds. The summed E-state index contributed by atoms with van der Waals surface area (Å²) >= 11 is 0. The highest BCUT2D eigenvalue weighted by Gasteiger charge is 2.22. The number of ketones is 1. The summed E-state index contributed by atoms with van der Waals surface area (Å²) in [4.78, 5) is 39.7. The number of benzene rings is 3. The number of methoxy groups -OCH3 is 2. The molecule has 188 valence electrons. The highest BCUT2D eigenvalue weighted by Crippen LogP contribution is 2.35. The van der Waals surface area contributed by atoms with Crippen molar-refractivity contribution in [1.29, 1.82) is 0 Å². The first-order chi connectivity index (χ1) is 18.0. The summed E-state index contributed by atoms with van der Waals surface area (Å²) in [5.41, 5.74) is 1.14. The van der Waals surface area contributed by atoms with E-state index in [9.17, 15) is 14.4 Å². The smallest absolute Gasteiger partial charge is 0.240 e. The lowest BCUT2D eigenvalue weighted by atomic mass is 10.0. The molecule has 1 aliphatic rings. The fourth-order valence-corrected chi connectivity index (χ4v) is 4.16. The van der Waals surface area contributed by atoms with Crippen molar-refractivity contribution < 1.29 is 28.5 Å². The van der Waals surface area contributed by atoms with Crippen molar-refractivity contribution in [1.82, 2.24) is 9.88 Å². The van der Waals surface area contributed by atoms with Gasteiger partial charge in [0.25, 0.3) is 0 Å². The summed E-state index contributed by atoms with van der Waals surface area (Å²) in [6.45, 7) is 0.194. The molecule has 0 atom stereocenters. The van der Waals surface area contributed by atoms with Gasteiger partial charge in [-0.3, -0.25) is 14.4 Å². The zero-order chi connectivity index (χ0) is 25.9. The number of rotatable bonds is 8. The molecule has 0 bridgehead atoms. The molecule has 0 saturated heterocycles. The zero-order valence-corrected chi connectivity index (χ0v) is 20.3. The third-order valence-electron chi connectivity index (χ3n) is 6.11. The van der Waals surface area contributed by atoms with Gasteiger partial charge < -0.3 is 28.8 Å². The van der Waals surface area contributed by atoms with Gasteiger partial charge in [0.1, 0.15) is 18.0 Å². The van der Waals surface area contributed by atoms with Gasteiger partial charge in [-0.2, -0.15) is 0 Å². The Balaban J connectivity index is 1.50. The largest absolute Gasteiger partial charge is 0.497 e. The molecule has 0 spiro atoms. The standard InChI is InChI=1S/C28H24N2O7/c1-34-19-8-6-18(7-9-19)27(32)22-14-30(15-26(31)29-13-17-4-3-5-20(10-17)35-2)23-12-25-24(36-16-37-25)11-21(23)28(22)33/h3-12,14H,13,15-16H2,1-2H3,(H,29,31). The molecule has 4 aromatic rings. The van der Waals surface area contributed by atoms with E-state index in [1.54, 1.807) is 48.1 Å². The number of aromatic nitrogens is 1. The van der Waals surface area contributed by atoms with Gasteiger partial charge in [0.05, 0.1) is 30.7 Å². The third-order valence-corrected chi connectivity index (χ3v) is 6.11. The van der Waals surface area contributed by atoms with Crippen molar-refractivity contribution in [3.8, 4) is 23.0 Å². The molecular weight excluding hydrogens is 476 g/mol. The Morgan fingerprint density at radius 2 is 1.68 bits per heavy atom. The van der Waals surface area contributed by atoms with Gasteiger partial charge in [-0.25, -0.2) is 0 Å². The van der Waals surface area contributed by atoms with E-state index < -0.39 is 11.2 Å². The van der Waals surface area contributed by atoms with Gasteiger partial charge in [0.15, 0.2) is 17.3 Å². The number of fused-ring (bicyclic) bond motifs is 2.